The Balaban J connectivity index is 1.46. The number of halogens is 1. The molecule has 1 amide bonds. The minimum absolute atomic E-state index is 0.0496. The number of carbonyl (C=O) groups excluding carboxylic acids is 1. The highest BCUT2D eigenvalue weighted by molar-refractivity contribution is 5.97. The van der Waals surface area contributed by atoms with Crippen LogP contribution in [0.25, 0.3) is 0 Å². The third-order valence-electron chi connectivity index (χ3n) is 8.80. The SMILES string of the molecule is CCN(C)C[C@H](O)CC(C(C)C)N1CC2(CCN(c3ncnnc3Oc3ccc(F)cc3C(=O)N(CC)C(C)C)C2)C1. The average Bonchev–Trinajstić information content (AvgIpc) is 3.38. The van der Waals surface area contributed by atoms with Crippen LogP contribution in [0.3, 0.4) is 0 Å². The smallest absolute Gasteiger partial charge is 0.282 e. The largest absolute Gasteiger partial charge is 0.434 e. The summed E-state index contributed by atoms with van der Waals surface area (Å²) in [6, 6.07) is 4.22. The van der Waals surface area contributed by atoms with Crippen molar-refractivity contribution in [1.82, 2.24) is 29.9 Å². The lowest BCUT2D eigenvalue weighted by Crippen LogP contribution is -2.62. The van der Waals surface area contributed by atoms with Crippen LogP contribution >= 0.6 is 0 Å². The molecule has 11 heteroatoms. The number of amides is 1. The monoisotopic (exact) mass is 585 g/mol. The number of carbonyl (C=O) groups is 1. The molecule has 10 nitrogen and oxygen atoms in total. The fraction of sp³-hybridized carbons (Fsp3) is 0.677. The van der Waals surface area contributed by atoms with Crippen LogP contribution in [0.5, 0.6) is 11.6 Å². The van der Waals surface area contributed by atoms with Gasteiger partial charge in [0.15, 0.2) is 5.82 Å². The summed E-state index contributed by atoms with van der Waals surface area (Å²) >= 11 is 0. The normalized spacial score (nSPS) is 18.1. The summed E-state index contributed by atoms with van der Waals surface area (Å²) in [5, 5.41) is 18.9. The van der Waals surface area contributed by atoms with Crippen LogP contribution in [-0.4, -0.2) is 112 Å². The van der Waals surface area contributed by atoms with Crippen molar-refractivity contribution in [3.8, 4) is 11.6 Å². The summed E-state index contributed by atoms with van der Waals surface area (Å²) in [5.41, 5.74) is 0.276. The lowest BCUT2D eigenvalue weighted by molar-refractivity contribution is -0.0480. The van der Waals surface area contributed by atoms with Crippen LogP contribution in [0.4, 0.5) is 10.2 Å². The molecule has 0 radical (unpaired) electrons. The Morgan fingerprint density at radius 1 is 1.17 bits per heavy atom. The summed E-state index contributed by atoms with van der Waals surface area (Å²) in [6.07, 6.45) is 2.83. The van der Waals surface area contributed by atoms with Crippen molar-refractivity contribution in [2.24, 2.45) is 11.3 Å². The van der Waals surface area contributed by atoms with E-state index in [4.69, 9.17) is 4.74 Å². The number of hydrogen-bond acceptors (Lipinski definition) is 9. The maximum absolute atomic E-state index is 14.3. The van der Waals surface area contributed by atoms with Gasteiger partial charge in [0, 0.05) is 56.8 Å². The first-order chi connectivity index (χ1) is 20.0. The first kappa shape index (κ1) is 32.0. The quantitative estimate of drug-likeness (QED) is 0.375. The zero-order valence-corrected chi connectivity index (χ0v) is 26.3. The second-order valence-corrected chi connectivity index (χ2v) is 12.6. The summed E-state index contributed by atoms with van der Waals surface area (Å²) in [6.45, 7) is 17.9. The van der Waals surface area contributed by atoms with Gasteiger partial charge in [0.05, 0.1) is 11.7 Å². The molecule has 2 aliphatic rings. The molecule has 2 aromatic rings. The molecule has 1 spiro atoms. The van der Waals surface area contributed by atoms with Gasteiger partial charge >= 0.3 is 0 Å². The molecule has 0 saturated carbocycles. The van der Waals surface area contributed by atoms with Crippen molar-refractivity contribution < 1.29 is 19.0 Å². The average molecular weight is 586 g/mol. The summed E-state index contributed by atoms with van der Waals surface area (Å²) in [7, 11) is 2.04. The highest BCUT2D eigenvalue weighted by Gasteiger charge is 2.50. The summed E-state index contributed by atoms with van der Waals surface area (Å²) in [4.78, 5) is 26.3. The molecule has 0 aliphatic carbocycles. The number of ether oxygens (including phenoxy) is 1. The fourth-order valence-corrected chi connectivity index (χ4v) is 6.41. The van der Waals surface area contributed by atoms with Gasteiger partial charge in [0.2, 0.25) is 0 Å². The number of hydrogen-bond donors (Lipinski definition) is 1. The van der Waals surface area contributed by atoms with Crippen LogP contribution in [-0.2, 0) is 0 Å². The predicted octanol–water partition coefficient (Wildman–Crippen LogP) is 3.91. The van der Waals surface area contributed by atoms with Crippen LogP contribution in [0.2, 0.25) is 0 Å². The van der Waals surface area contributed by atoms with Gasteiger partial charge in [0.1, 0.15) is 17.9 Å². The first-order valence-electron chi connectivity index (χ1n) is 15.3. The van der Waals surface area contributed by atoms with Gasteiger partial charge in [-0.25, -0.2) is 9.37 Å². The number of benzene rings is 1. The molecule has 1 aromatic heterocycles. The van der Waals surface area contributed by atoms with E-state index in [2.05, 4.69) is 50.7 Å². The molecule has 2 aliphatic heterocycles. The number of likely N-dealkylation sites (N-methyl/N-ethyl adjacent to an activating group) is 1. The van der Waals surface area contributed by atoms with Gasteiger partial charge < -0.3 is 24.5 Å². The molecule has 42 heavy (non-hydrogen) atoms. The molecule has 232 valence electrons. The molecule has 1 N–H and O–H groups in total. The van der Waals surface area contributed by atoms with Crippen molar-refractivity contribution in [2.45, 2.75) is 72.6 Å². The van der Waals surface area contributed by atoms with Crippen LogP contribution in [0.1, 0.15) is 64.7 Å². The van der Waals surface area contributed by atoms with Gasteiger partial charge in [0.25, 0.3) is 11.8 Å². The Kier molecular flexibility index (Phi) is 10.4. The summed E-state index contributed by atoms with van der Waals surface area (Å²) in [5.74, 6) is 0.615. The first-order valence-corrected chi connectivity index (χ1v) is 15.3. The third kappa shape index (κ3) is 7.18. The number of aliphatic hydroxyl groups is 1. The molecule has 1 aromatic carbocycles. The molecule has 2 saturated heterocycles. The zero-order chi connectivity index (χ0) is 30.6. The second kappa shape index (κ2) is 13.6. The van der Waals surface area contributed by atoms with E-state index in [9.17, 15) is 14.3 Å². The number of rotatable bonds is 13. The topological polar surface area (TPSA) is 98.2 Å². The number of likely N-dealkylation sites (tertiary alicyclic amines) is 1. The zero-order valence-electron chi connectivity index (χ0n) is 26.3. The Morgan fingerprint density at radius 2 is 1.90 bits per heavy atom. The van der Waals surface area contributed by atoms with Gasteiger partial charge in [-0.05, 0) is 71.3 Å². The lowest BCUT2D eigenvalue weighted by Gasteiger charge is -2.53. The highest BCUT2D eigenvalue weighted by Crippen LogP contribution is 2.44. The van der Waals surface area contributed by atoms with E-state index in [0.717, 1.165) is 45.6 Å². The van der Waals surface area contributed by atoms with E-state index in [1.165, 1.54) is 24.5 Å². The van der Waals surface area contributed by atoms with E-state index in [0.29, 0.717) is 30.9 Å². The van der Waals surface area contributed by atoms with E-state index in [-0.39, 0.29) is 40.7 Å². The second-order valence-electron chi connectivity index (χ2n) is 12.6. The predicted molar refractivity (Wildman–Crippen MR) is 161 cm³/mol. The van der Waals surface area contributed by atoms with Crippen molar-refractivity contribution >= 4 is 11.7 Å². The Bertz CT molecular complexity index is 1210. The maximum atomic E-state index is 14.3. The molecule has 3 heterocycles. The number of nitrogens with zero attached hydrogens (tertiary/aromatic N) is 7. The van der Waals surface area contributed by atoms with E-state index >= 15 is 0 Å². The molecule has 0 bridgehead atoms. The number of anilines is 1. The van der Waals surface area contributed by atoms with Crippen LogP contribution < -0.4 is 9.64 Å². The van der Waals surface area contributed by atoms with Crippen LogP contribution in [0.15, 0.2) is 24.5 Å². The van der Waals surface area contributed by atoms with E-state index < -0.39 is 5.82 Å². The lowest BCUT2D eigenvalue weighted by atomic mass is 9.76. The van der Waals surface area contributed by atoms with Crippen molar-refractivity contribution in [1.29, 1.82) is 0 Å². The highest BCUT2D eigenvalue weighted by atomic mass is 19.1. The molecule has 1 unspecified atom stereocenters. The van der Waals surface area contributed by atoms with Crippen molar-refractivity contribution in [3.63, 3.8) is 0 Å². The molecular weight excluding hydrogens is 537 g/mol. The van der Waals surface area contributed by atoms with Crippen molar-refractivity contribution in [3.05, 3.63) is 35.9 Å². The number of aliphatic hydroxyl groups excluding tert-OH is 1. The molecule has 2 fully saturated rings. The molecule has 4 rings (SSSR count). The molecular formula is C31H48FN7O3. The maximum Gasteiger partial charge on any atom is 0.282 e. The number of aromatic nitrogens is 3. The van der Waals surface area contributed by atoms with E-state index in [1.54, 1.807) is 4.90 Å². The minimum atomic E-state index is -0.511. The van der Waals surface area contributed by atoms with Gasteiger partial charge in [-0.15, -0.1) is 10.2 Å². The van der Waals surface area contributed by atoms with E-state index in [1.807, 2.05) is 27.8 Å². The van der Waals surface area contributed by atoms with Crippen LogP contribution in [0, 0.1) is 17.2 Å². The Hall–Kier alpha value is -2.89. The molecule has 2 atom stereocenters. The fourth-order valence-electron chi connectivity index (χ4n) is 6.41. The standard InChI is InChI=1S/C31H48FN7O3/c1-8-36(7)16-24(40)15-26(21(3)4)38-18-31(19-38)12-13-37(17-31)28-29(35-34-20-33-28)42-27-11-10-23(32)14-25(27)30(41)39(9-2)22(5)6/h10-11,14,20-22,24,26,40H,8-9,12-13,15-19H2,1-7H3/t24-,26?/m1/s1. The van der Waals surface area contributed by atoms with Gasteiger partial charge in [-0.1, -0.05) is 20.8 Å². The van der Waals surface area contributed by atoms with Gasteiger partial charge in [-0.3, -0.25) is 9.69 Å². The Morgan fingerprint density at radius 3 is 2.55 bits per heavy atom. The third-order valence-corrected chi connectivity index (χ3v) is 8.80. The van der Waals surface area contributed by atoms with Crippen molar-refractivity contribution in [2.75, 3.05) is 57.8 Å². The summed E-state index contributed by atoms with van der Waals surface area (Å²) < 4.78 is 20.4. The van der Waals surface area contributed by atoms with Gasteiger partial charge in [-0.2, -0.15) is 0 Å². The Labute approximate surface area is 249 Å². The minimum Gasteiger partial charge on any atom is -0.434 e.